The molecule has 168 valence electrons. The van der Waals surface area contributed by atoms with Gasteiger partial charge in [-0.25, -0.2) is 9.97 Å². The van der Waals surface area contributed by atoms with Crippen LogP contribution < -0.4 is 5.32 Å². The molecule has 32 heavy (non-hydrogen) atoms. The van der Waals surface area contributed by atoms with Gasteiger partial charge in [-0.2, -0.15) is 0 Å². The summed E-state index contributed by atoms with van der Waals surface area (Å²) >= 11 is 0. The van der Waals surface area contributed by atoms with Crippen molar-refractivity contribution in [3.8, 4) is 11.3 Å². The Morgan fingerprint density at radius 1 is 1.12 bits per heavy atom. The van der Waals surface area contributed by atoms with Crippen molar-refractivity contribution in [2.24, 2.45) is 5.92 Å². The van der Waals surface area contributed by atoms with Gasteiger partial charge in [-0.15, -0.1) is 0 Å². The summed E-state index contributed by atoms with van der Waals surface area (Å²) in [5, 5.41) is 7.29. The normalized spacial score (nSPS) is 19.5. The number of amides is 1. The third-order valence-corrected chi connectivity index (χ3v) is 6.83. The van der Waals surface area contributed by atoms with Gasteiger partial charge in [-0.3, -0.25) is 4.79 Å². The Morgan fingerprint density at radius 3 is 2.50 bits per heavy atom. The van der Waals surface area contributed by atoms with Crippen LogP contribution in [0.4, 0.5) is 0 Å². The van der Waals surface area contributed by atoms with Crippen molar-refractivity contribution >= 4 is 5.91 Å². The first-order valence-electron chi connectivity index (χ1n) is 11.5. The standard InChI is InChI=1S/C26H32N4O2/c1-16-18(3)30-32-25(16)23-15-27-19(4)29-24(23)22-12-10-20(11-13-22)14-28-26(31)17(2)21-8-6-5-7-9-21/h5-9,15,17,20,22H,10-14H2,1-4H3,(H,28,31)/t17-,20?,22?/m0/s1. The molecule has 0 radical (unpaired) electrons. The summed E-state index contributed by atoms with van der Waals surface area (Å²) in [6.45, 7) is 8.61. The number of aromatic nitrogens is 3. The smallest absolute Gasteiger partial charge is 0.227 e. The highest BCUT2D eigenvalue weighted by Gasteiger charge is 2.28. The quantitative estimate of drug-likeness (QED) is 0.575. The molecule has 0 aliphatic heterocycles. The molecule has 2 heterocycles. The molecule has 0 spiro atoms. The number of nitrogens with zero attached hydrogens (tertiary/aromatic N) is 3. The molecule has 6 nitrogen and oxygen atoms in total. The van der Waals surface area contributed by atoms with E-state index in [4.69, 9.17) is 9.51 Å². The summed E-state index contributed by atoms with van der Waals surface area (Å²) in [5.74, 6) is 2.39. The summed E-state index contributed by atoms with van der Waals surface area (Å²) < 4.78 is 5.62. The van der Waals surface area contributed by atoms with Crippen molar-refractivity contribution in [2.75, 3.05) is 6.54 Å². The number of hydrogen-bond donors (Lipinski definition) is 1. The predicted molar refractivity (Wildman–Crippen MR) is 124 cm³/mol. The van der Waals surface area contributed by atoms with Crippen LogP contribution >= 0.6 is 0 Å². The maximum absolute atomic E-state index is 12.6. The molecule has 4 rings (SSSR count). The maximum atomic E-state index is 12.6. The average Bonchev–Trinajstić information content (AvgIpc) is 3.16. The van der Waals surface area contributed by atoms with E-state index in [1.54, 1.807) is 0 Å². The Kier molecular flexibility index (Phi) is 6.68. The fourth-order valence-electron chi connectivity index (χ4n) is 4.57. The molecule has 0 saturated heterocycles. The van der Waals surface area contributed by atoms with E-state index in [0.717, 1.165) is 71.9 Å². The summed E-state index contributed by atoms with van der Waals surface area (Å²) in [4.78, 5) is 21.8. The van der Waals surface area contributed by atoms with Gasteiger partial charge in [0.05, 0.1) is 22.9 Å². The Bertz CT molecular complexity index is 1070. The fourth-order valence-corrected chi connectivity index (χ4v) is 4.57. The van der Waals surface area contributed by atoms with Gasteiger partial charge < -0.3 is 9.84 Å². The number of rotatable bonds is 6. The van der Waals surface area contributed by atoms with Gasteiger partial charge in [0.2, 0.25) is 5.91 Å². The van der Waals surface area contributed by atoms with Crippen molar-refractivity contribution in [3.05, 3.63) is 64.9 Å². The van der Waals surface area contributed by atoms with Gasteiger partial charge in [-0.05, 0) is 64.9 Å². The Labute approximate surface area is 189 Å². The minimum absolute atomic E-state index is 0.100. The molecule has 1 aliphatic rings. The number of nitrogens with one attached hydrogen (secondary N) is 1. The van der Waals surface area contributed by atoms with Crippen LogP contribution in [0.3, 0.4) is 0 Å². The molecule has 1 fully saturated rings. The summed E-state index contributed by atoms with van der Waals surface area (Å²) in [6.07, 6.45) is 6.11. The lowest BCUT2D eigenvalue weighted by Crippen LogP contribution is -2.33. The third kappa shape index (κ3) is 4.74. The molecule has 1 saturated carbocycles. The van der Waals surface area contributed by atoms with Gasteiger partial charge >= 0.3 is 0 Å². The second kappa shape index (κ2) is 9.63. The Morgan fingerprint density at radius 2 is 1.84 bits per heavy atom. The molecule has 1 amide bonds. The highest BCUT2D eigenvalue weighted by molar-refractivity contribution is 5.83. The van der Waals surface area contributed by atoms with Crippen LogP contribution in [0.25, 0.3) is 11.3 Å². The van der Waals surface area contributed by atoms with E-state index in [2.05, 4.69) is 15.5 Å². The van der Waals surface area contributed by atoms with Crippen LogP contribution in [-0.4, -0.2) is 27.6 Å². The van der Waals surface area contributed by atoms with E-state index in [1.165, 1.54) is 0 Å². The number of aryl methyl sites for hydroxylation is 2. The molecule has 6 heteroatoms. The molecule has 2 aromatic heterocycles. The summed E-state index contributed by atoms with van der Waals surface area (Å²) in [5.41, 5.74) is 5.02. The van der Waals surface area contributed by atoms with Crippen LogP contribution in [0.15, 0.2) is 41.1 Å². The Hall–Kier alpha value is -3.02. The molecular weight excluding hydrogens is 400 g/mol. The second-order valence-electron chi connectivity index (χ2n) is 9.03. The van der Waals surface area contributed by atoms with Crippen LogP contribution in [0, 0.1) is 26.7 Å². The lowest BCUT2D eigenvalue weighted by Gasteiger charge is -2.29. The van der Waals surface area contributed by atoms with E-state index >= 15 is 0 Å². The number of carbonyl (C=O) groups excluding carboxylic acids is 1. The van der Waals surface area contributed by atoms with E-state index in [0.29, 0.717) is 11.8 Å². The number of carbonyl (C=O) groups is 1. The van der Waals surface area contributed by atoms with Gasteiger partial charge in [0.1, 0.15) is 5.82 Å². The van der Waals surface area contributed by atoms with Crippen molar-refractivity contribution in [3.63, 3.8) is 0 Å². The number of benzene rings is 1. The largest absolute Gasteiger partial charge is 0.356 e. The third-order valence-electron chi connectivity index (χ3n) is 6.83. The molecule has 1 atom stereocenters. The zero-order valence-electron chi connectivity index (χ0n) is 19.4. The topological polar surface area (TPSA) is 80.9 Å². The highest BCUT2D eigenvalue weighted by Crippen LogP contribution is 2.39. The second-order valence-corrected chi connectivity index (χ2v) is 9.03. The van der Waals surface area contributed by atoms with Crippen molar-refractivity contribution < 1.29 is 9.32 Å². The molecule has 1 N–H and O–H groups in total. The zero-order chi connectivity index (χ0) is 22.7. The van der Waals surface area contributed by atoms with Crippen molar-refractivity contribution in [2.45, 2.75) is 65.2 Å². The Balaban J connectivity index is 1.38. The van der Waals surface area contributed by atoms with E-state index in [-0.39, 0.29) is 11.8 Å². The molecule has 0 unspecified atom stereocenters. The van der Waals surface area contributed by atoms with E-state index in [9.17, 15) is 4.79 Å². The van der Waals surface area contributed by atoms with Crippen LogP contribution in [0.1, 0.15) is 72.8 Å². The lowest BCUT2D eigenvalue weighted by molar-refractivity contribution is -0.122. The van der Waals surface area contributed by atoms with Gasteiger partial charge in [0.25, 0.3) is 0 Å². The SMILES string of the molecule is Cc1ncc(-c2onc(C)c2C)c(C2CCC(CNC(=O)[C@@H](C)c3ccccc3)CC2)n1. The van der Waals surface area contributed by atoms with Crippen LogP contribution in [-0.2, 0) is 4.79 Å². The first-order chi connectivity index (χ1) is 15.4. The first-order valence-corrected chi connectivity index (χ1v) is 11.5. The van der Waals surface area contributed by atoms with E-state index < -0.39 is 0 Å². The molecular formula is C26H32N4O2. The zero-order valence-corrected chi connectivity index (χ0v) is 19.4. The highest BCUT2D eigenvalue weighted by atomic mass is 16.5. The van der Waals surface area contributed by atoms with Crippen LogP contribution in [0.5, 0.6) is 0 Å². The summed E-state index contributed by atoms with van der Waals surface area (Å²) in [7, 11) is 0. The monoisotopic (exact) mass is 432 g/mol. The maximum Gasteiger partial charge on any atom is 0.227 e. The van der Waals surface area contributed by atoms with E-state index in [1.807, 2.05) is 64.2 Å². The average molecular weight is 433 g/mol. The first kappa shape index (κ1) is 22.2. The van der Waals surface area contributed by atoms with Crippen molar-refractivity contribution in [1.82, 2.24) is 20.4 Å². The number of hydrogen-bond acceptors (Lipinski definition) is 5. The fraction of sp³-hybridized carbons (Fsp3) is 0.462. The molecule has 3 aromatic rings. The molecule has 1 aliphatic carbocycles. The van der Waals surface area contributed by atoms with Gasteiger partial charge in [-0.1, -0.05) is 35.5 Å². The van der Waals surface area contributed by atoms with Gasteiger partial charge in [0, 0.05) is 24.2 Å². The minimum Gasteiger partial charge on any atom is -0.356 e. The molecule has 1 aromatic carbocycles. The lowest BCUT2D eigenvalue weighted by atomic mass is 9.79. The van der Waals surface area contributed by atoms with Crippen molar-refractivity contribution in [1.29, 1.82) is 0 Å². The van der Waals surface area contributed by atoms with Gasteiger partial charge in [0.15, 0.2) is 5.76 Å². The van der Waals surface area contributed by atoms with Crippen LogP contribution in [0.2, 0.25) is 0 Å². The molecule has 0 bridgehead atoms. The predicted octanol–water partition coefficient (Wildman–Crippen LogP) is 5.25. The minimum atomic E-state index is -0.132. The summed E-state index contributed by atoms with van der Waals surface area (Å²) in [6, 6.07) is 9.95.